The number of nitrogens with two attached hydrogens (primary N) is 1. The van der Waals surface area contributed by atoms with Gasteiger partial charge in [0.05, 0.1) is 11.3 Å². The molecule has 170 valence electrons. The quantitative estimate of drug-likeness (QED) is 0.466. The molecule has 0 amide bonds. The van der Waals surface area contributed by atoms with Crippen LogP contribution in [0.2, 0.25) is 0 Å². The number of anilines is 2. The molecule has 9 heteroatoms. The fourth-order valence-corrected chi connectivity index (χ4v) is 4.68. The number of nitrogen functional groups attached to an aromatic ring is 1. The maximum absolute atomic E-state index is 13.5. The van der Waals surface area contributed by atoms with Gasteiger partial charge in [0.15, 0.2) is 0 Å². The highest BCUT2D eigenvalue weighted by Crippen LogP contribution is 2.41. The third kappa shape index (κ3) is 3.94. The van der Waals surface area contributed by atoms with Crippen LogP contribution in [0.5, 0.6) is 0 Å². The van der Waals surface area contributed by atoms with Crippen molar-refractivity contribution in [3.63, 3.8) is 0 Å². The average Bonchev–Trinajstić information content (AvgIpc) is 3.29. The number of pyridine rings is 2. The van der Waals surface area contributed by atoms with Gasteiger partial charge in [-0.05, 0) is 42.7 Å². The zero-order valence-corrected chi connectivity index (χ0v) is 18.7. The average molecular weight is 455 g/mol. The summed E-state index contributed by atoms with van der Waals surface area (Å²) in [4.78, 5) is 10.1. The van der Waals surface area contributed by atoms with Gasteiger partial charge in [0.1, 0.15) is 24.0 Å². The monoisotopic (exact) mass is 454 g/mol. The van der Waals surface area contributed by atoms with Crippen molar-refractivity contribution in [3.05, 3.63) is 72.5 Å². The van der Waals surface area contributed by atoms with Crippen molar-refractivity contribution >= 4 is 11.5 Å². The Morgan fingerprint density at radius 3 is 2.50 bits per heavy atom. The fraction of sp³-hybridized carbons (Fsp3) is 0.240. The molecule has 1 aliphatic heterocycles. The van der Waals surface area contributed by atoms with Crippen LogP contribution in [0, 0.1) is 17.3 Å². The number of benzene rings is 1. The number of piperidine rings is 1. The second kappa shape index (κ2) is 8.90. The van der Waals surface area contributed by atoms with E-state index in [0.717, 1.165) is 59.7 Å². The molecule has 3 aromatic heterocycles. The van der Waals surface area contributed by atoms with Gasteiger partial charge in [0.25, 0.3) is 0 Å². The van der Waals surface area contributed by atoms with Crippen LogP contribution >= 0.6 is 0 Å². The van der Waals surface area contributed by atoms with Gasteiger partial charge in [-0.2, -0.15) is 9.65 Å². The number of aromatic nitrogens is 5. The normalized spacial score (nSPS) is 14.2. The summed E-state index contributed by atoms with van der Waals surface area (Å²) in [6.45, 7) is 1.49. The molecule has 1 aromatic carbocycles. The van der Waals surface area contributed by atoms with E-state index >= 15 is 0 Å². The summed E-state index contributed by atoms with van der Waals surface area (Å²) in [5, 5.41) is 18.6. The molecule has 1 fully saturated rings. The standard InChI is InChI=1S/C25H23FN8/c1-33-15-31-32-25(33)16-7-10-34(11-8-16)24-20(18-2-5-22(26)30-14-18)4-3-19(21(24)13-27)17-6-9-29-23(28)12-17/h2-6,9,12,14-16H,7-8,10-11H2,1H3,(H2,28,29). The molecule has 4 heterocycles. The number of halogens is 1. The van der Waals surface area contributed by atoms with E-state index in [4.69, 9.17) is 5.73 Å². The van der Waals surface area contributed by atoms with E-state index in [9.17, 15) is 9.65 Å². The van der Waals surface area contributed by atoms with E-state index in [-0.39, 0.29) is 0 Å². The summed E-state index contributed by atoms with van der Waals surface area (Å²) in [5.41, 5.74) is 10.5. The lowest BCUT2D eigenvalue weighted by atomic mass is 9.90. The molecule has 8 nitrogen and oxygen atoms in total. The van der Waals surface area contributed by atoms with Gasteiger partial charge in [0.2, 0.25) is 5.95 Å². The minimum Gasteiger partial charge on any atom is -0.384 e. The van der Waals surface area contributed by atoms with Gasteiger partial charge in [-0.1, -0.05) is 12.1 Å². The van der Waals surface area contributed by atoms with Crippen molar-refractivity contribution in [2.24, 2.45) is 7.05 Å². The maximum atomic E-state index is 13.5. The third-order valence-electron chi connectivity index (χ3n) is 6.34. The molecule has 0 bridgehead atoms. The molecule has 0 radical (unpaired) electrons. The maximum Gasteiger partial charge on any atom is 0.212 e. The first-order valence-corrected chi connectivity index (χ1v) is 11.0. The second-order valence-corrected chi connectivity index (χ2v) is 8.40. The van der Waals surface area contributed by atoms with Crippen LogP contribution in [-0.4, -0.2) is 37.8 Å². The molecule has 2 N–H and O–H groups in total. The lowest BCUT2D eigenvalue weighted by molar-refractivity contribution is 0.474. The van der Waals surface area contributed by atoms with E-state index in [0.29, 0.717) is 17.3 Å². The number of rotatable bonds is 4. The highest BCUT2D eigenvalue weighted by atomic mass is 19.1. The van der Waals surface area contributed by atoms with Crippen LogP contribution < -0.4 is 10.6 Å². The highest BCUT2D eigenvalue weighted by molar-refractivity contribution is 5.90. The first-order valence-electron chi connectivity index (χ1n) is 11.0. The van der Waals surface area contributed by atoms with Gasteiger partial charge in [-0.15, -0.1) is 10.2 Å². The summed E-state index contributed by atoms with van der Waals surface area (Å²) in [6.07, 6.45) is 6.62. The SMILES string of the molecule is Cn1cnnc1C1CCN(c2c(-c3ccc(F)nc3)ccc(-c3ccnc(N)c3)c2C#N)CC1. The highest BCUT2D eigenvalue weighted by Gasteiger charge is 2.28. The first-order chi connectivity index (χ1) is 16.5. The molecule has 0 aliphatic carbocycles. The van der Waals surface area contributed by atoms with Crippen LogP contribution in [0.25, 0.3) is 22.3 Å². The number of hydrogen-bond acceptors (Lipinski definition) is 7. The van der Waals surface area contributed by atoms with Crippen molar-refractivity contribution < 1.29 is 4.39 Å². The van der Waals surface area contributed by atoms with Crippen LogP contribution in [0.4, 0.5) is 15.9 Å². The van der Waals surface area contributed by atoms with Crippen LogP contribution in [0.1, 0.15) is 30.1 Å². The Bertz CT molecular complexity index is 1360. The van der Waals surface area contributed by atoms with E-state index < -0.39 is 5.95 Å². The number of hydrogen-bond donors (Lipinski definition) is 1. The molecule has 0 spiro atoms. The van der Waals surface area contributed by atoms with Gasteiger partial charge < -0.3 is 15.2 Å². The third-order valence-corrected chi connectivity index (χ3v) is 6.34. The topological polar surface area (TPSA) is 110 Å². The van der Waals surface area contributed by atoms with Crippen molar-refractivity contribution in [1.29, 1.82) is 5.26 Å². The summed E-state index contributed by atoms with van der Waals surface area (Å²) in [7, 11) is 1.96. The Morgan fingerprint density at radius 2 is 1.85 bits per heavy atom. The van der Waals surface area contributed by atoms with Crippen molar-refractivity contribution in [2.75, 3.05) is 23.7 Å². The van der Waals surface area contributed by atoms with Crippen LogP contribution in [0.15, 0.2) is 55.1 Å². The van der Waals surface area contributed by atoms with Gasteiger partial charge in [0, 0.05) is 55.1 Å². The van der Waals surface area contributed by atoms with E-state index in [1.54, 1.807) is 24.7 Å². The second-order valence-electron chi connectivity index (χ2n) is 8.40. The fourth-order valence-electron chi connectivity index (χ4n) is 4.68. The van der Waals surface area contributed by atoms with Crippen LogP contribution in [0.3, 0.4) is 0 Å². The van der Waals surface area contributed by atoms with Crippen molar-refractivity contribution in [3.8, 4) is 28.3 Å². The van der Waals surface area contributed by atoms with Crippen LogP contribution in [-0.2, 0) is 7.05 Å². The van der Waals surface area contributed by atoms with Gasteiger partial charge in [-0.25, -0.2) is 9.97 Å². The van der Waals surface area contributed by atoms with Crippen molar-refractivity contribution in [1.82, 2.24) is 24.7 Å². The lowest BCUT2D eigenvalue weighted by Crippen LogP contribution is -2.34. The molecular weight excluding hydrogens is 431 g/mol. The molecule has 1 aliphatic rings. The zero-order valence-electron chi connectivity index (χ0n) is 18.7. The molecule has 4 aromatic rings. The van der Waals surface area contributed by atoms with E-state index in [2.05, 4.69) is 31.1 Å². The van der Waals surface area contributed by atoms with Crippen molar-refractivity contribution in [2.45, 2.75) is 18.8 Å². The Kier molecular flexibility index (Phi) is 5.64. The Balaban J connectivity index is 1.60. The molecule has 34 heavy (non-hydrogen) atoms. The number of nitriles is 1. The Hall–Kier alpha value is -4.32. The first kappa shape index (κ1) is 21.5. The van der Waals surface area contributed by atoms with Gasteiger partial charge >= 0.3 is 0 Å². The minimum atomic E-state index is -0.542. The summed E-state index contributed by atoms with van der Waals surface area (Å²) < 4.78 is 15.5. The lowest BCUT2D eigenvalue weighted by Gasteiger charge is -2.35. The molecule has 0 atom stereocenters. The predicted octanol–water partition coefficient (Wildman–Crippen LogP) is 3.92. The smallest absolute Gasteiger partial charge is 0.212 e. The Morgan fingerprint density at radius 1 is 1.06 bits per heavy atom. The number of aryl methyl sites for hydroxylation is 1. The van der Waals surface area contributed by atoms with Gasteiger partial charge in [-0.3, -0.25) is 0 Å². The molecule has 5 rings (SSSR count). The van der Waals surface area contributed by atoms with E-state index in [1.807, 2.05) is 29.8 Å². The summed E-state index contributed by atoms with van der Waals surface area (Å²) >= 11 is 0. The largest absolute Gasteiger partial charge is 0.384 e. The zero-order chi connectivity index (χ0) is 23.7. The number of nitrogens with zero attached hydrogens (tertiary/aromatic N) is 7. The predicted molar refractivity (Wildman–Crippen MR) is 127 cm³/mol. The summed E-state index contributed by atoms with van der Waals surface area (Å²) in [5.74, 6) is 1.12. The molecule has 0 saturated carbocycles. The molecular formula is C25H23FN8. The van der Waals surface area contributed by atoms with E-state index in [1.165, 1.54) is 12.3 Å². The Labute approximate surface area is 196 Å². The molecule has 1 saturated heterocycles. The molecule has 0 unspecified atom stereocenters. The summed E-state index contributed by atoms with van der Waals surface area (Å²) in [6, 6.07) is 12.9. The minimum absolute atomic E-state index is 0.299.